The Morgan fingerprint density at radius 2 is 2.19 bits per heavy atom. The zero-order valence-corrected chi connectivity index (χ0v) is 12.1. The van der Waals surface area contributed by atoms with Crippen LogP contribution in [0.5, 0.6) is 11.5 Å². The van der Waals surface area contributed by atoms with Crippen molar-refractivity contribution < 1.29 is 19.0 Å². The van der Waals surface area contributed by atoms with E-state index in [-0.39, 0.29) is 6.61 Å². The molecule has 1 heterocycles. The maximum Gasteiger partial charge on any atom is 0.344 e. The maximum atomic E-state index is 11.3. The van der Waals surface area contributed by atoms with Crippen LogP contribution in [-0.4, -0.2) is 36.3 Å². The third-order valence-corrected chi connectivity index (χ3v) is 2.81. The second-order valence-corrected chi connectivity index (χ2v) is 4.29. The van der Waals surface area contributed by atoms with Gasteiger partial charge in [0.1, 0.15) is 5.82 Å². The van der Waals surface area contributed by atoms with Crippen LogP contribution >= 0.6 is 0 Å². The normalized spacial score (nSPS) is 10.2. The van der Waals surface area contributed by atoms with Gasteiger partial charge in [0.05, 0.1) is 13.7 Å². The Balaban J connectivity index is 2.04. The molecule has 6 nitrogen and oxygen atoms in total. The van der Waals surface area contributed by atoms with Crippen molar-refractivity contribution in [2.45, 2.75) is 13.3 Å². The smallest absolute Gasteiger partial charge is 0.344 e. The highest BCUT2D eigenvalue weighted by molar-refractivity contribution is 5.71. The molecule has 21 heavy (non-hydrogen) atoms. The predicted octanol–water partition coefficient (Wildman–Crippen LogP) is 1.95. The van der Waals surface area contributed by atoms with E-state index in [1.807, 2.05) is 12.1 Å². The Bertz CT molecular complexity index is 581. The maximum absolute atomic E-state index is 11.3. The van der Waals surface area contributed by atoms with E-state index in [9.17, 15) is 4.79 Å². The Labute approximate surface area is 123 Å². The van der Waals surface area contributed by atoms with Gasteiger partial charge in [0, 0.05) is 18.8 Å². The van der Waals surface area contributed by atoms with Crippen LogP contribution < -0.4 is 9.47 Å². The van der Waals surface area contributed by atoms with E-state index in [0.717, 1.165) is 11.4 Å². The topological polar surface area (TPSA) is 73.4 Å². The Morgan fingerprint density at radius 1 is 1.33 bits per heavy atom. The van der Waals surface area contributed by atoms with Gasteiger partial charge in [-0.25, -0.2) is 9.78 Å². The highest BCUT2D eigenvalue weighted by Gasteiger charge is 2.10. The SMILES string of the molecule is CCOC(=O)COc1ccc(Cc2ncc[nH]2)cc1OC. The number of aromatic nitrogens is 2. The fraction of sp³-hybridized carbons (Fsp3) is 0.333. The molecule has 0 aliphatic carbocycles. The van der Waals surface area contributed by atoms with Crippen LogP contribution in [0.15, 0.2) is 30.6 Å². The monoisotopic (exact) mass is 290 g/mol. The van der Waals surface area contributed by atoms with Crippen LogP contribution in [0.1, 0.15) is 18.3 Å². The molecule has 0 radical (unpaired) electrons. The lowest BCUT2D eigenvalue weighted by atomic mass is 10.1. The molecular formula is C15H18N2O4. The summed E-state index contributed by atoms with van der Waals surface area (Å²) in [6.07, 6.45) is 4.16. The predicted molar refractivity (Wildman–Crippen MR) is 76.5 cm³/mol. The molecule has 2 aromatic rings. The van der Waals surface area contributed by atoms with Crippen LogP contribution in [0.3, 0.4) is 0 Å². The van der Waals surface area contributed by atoms with Gasteiger partial charge in [-0.2, -0.15) is 0 Å². The molecule has 0 aliphatic rings. The number of hydrogen-bond acceptors (Lipinski definition) is 5. The first kappa shape index (κ1) is 14.9. The van der Waals surface area contributed by atoms with Crippen LogP contribution in [0.4, 0.5) is 0 Å². The summed E-state index contributed by atoms with van der Waals surface area (Å²) in [5.74, 6) is 1.55. The first-order valence-electron chi connectivity index (χ1n) is 6.66. The number of ether oxygens (including phenoxy) is 3. The lowest BCUT2D eigenvalue weighted by Crippen LogP contribution is -2.14. The zero-order valence-electron chi connectivity index (χ0n) is 12.1. The van der Waals surface area contributed by atoms with Crippen LogP contribution in [0, 0.1) is 0 Å². The largest absolute Gasteiger partial charge is 0.493 e. The summed E-state index contributed by atoms with van der Waals surface area (Å²) in [5.41, 5.74) is 1.03. The first-order valence-corrected chi connectivity index (χ1v) is 6.66. The number of esters is 1. The molecule has 1 N–H and O–H groups in total. The Hall–Kier alpha value is -2.50. The van der Waals surface area contributed by atoms with E-state index in [0.29, 0.717) is 24.5 Å². The van der Waals surface area contributed by atoms with Gasteiger partial charge in [0.15, 0.2) is 18.1 Å². The summed E-state index contributed by atoms with van der Waals surface area (Å²) >= 11 is 0. The molecule has 112 valence electrons. The first-order chi connectivity index (χ1) is 10.2. The zero-order chi connectivity index (χ0) is 15.1. The summed E-state index contributed by atoms with van der Waals surface area (Å²) in [6.45, 7) is 1.95. The third kappa shape index (κ3) is 4.24. The van der Waals surface area contributed by atoms with Gasteiger partial charge < -0.3 is 19.2 Å². The highest BCUT2D eigenvalue weighted by atomic mass is 16.6. The van der Waals surface area contributed by atoms with Crippen molar-refractivity contribution in [3.05, 3.63) is 42.0 Å². The van der Waals surface area contributed by atoms with Gasteiger partial charge in [-0.15, -0.1) is 0 Å². The number of aromatic amines is 1. The summed E-state index contributed by atoms with van der Waals surface area (Å²) in [5, 5.41) is 0. The lowest BCUT2D eigenvalue weighted by Gasteiger charge is -2.11. The number of H-pyrrole nitrogens is 1. The lowest BCUT2D eigenvalue weighted by molar-refractivity contribution is -0.145. The van der Waals surface area contributed by atoms with Crippen molar-refractivity contribution in [3.63, 3.8) is 0 Å². The molecule has 0 unspecified atom stereocenters. The van der Waals surface area contributed by atoms with E-state index in [1.165, 1.54) is 0 Å². The van der Waals surface area contributed by atoms with Crippen molar-refractivity contribution in [2.24, 2.45) is 0 Å². The second kappa shape index (κ2) is 7.33. The molecule has 1 aromatic heterocycles. The van der Waals surface area contributed by atoms with Gasteiger partial charge >= 0.3 is 5.97 Å². The molecule has 0 amide bonds. The molecule has 1 aromatic carbocycles. The molecule has 0 fully saturated rings. The molecule has 0 bridgehead atoms. The number of hydrogen-bond donors (Lipinski definition) is 1. The quantitative estimate of drug-likeness (QED) is 0.789. The van der Waals surface area contributed by atoms with Gasteiger partial charge in [0.25, 0.3) is 0 Å². The van der Waals surface area contributed by atoms with Crippen molar-refractivity contribution in [1.82, 2.24) is 9.97 Å². The van der Waals surface area contributed by atoms with E-state index < -0.39 is 5.97 Å². The fourth-order valence-electron chi connectivity index (χ4n) is 1.87. The Kier molecular flexibility index (Phi) is 5.20. The standard InChI is InChI=1S/C15H18N2O4/c1-3-20-15(18)10-21-12-5-4-11(8-13(12)19-2)9-14-16-6-7-17-14/h4-8H,3,9-10H2,1-2H3,(H,16,17). The van der Waals surface area contributed by atoms with Crippen LogP contribution in [-0.2, 0) is 16.0 Å². The number of imidazole rings is 1. The van der Waals surface area contributed by atoms with E-state index >= 15 is 0 Å². The number of methoxy groups -OCH3 is 1. The average Bonchev–Trinajstić information content (AvgIpc) is 2.99. The van der Waals surface area contributed by atoms with Crippen LogP contribution in [0.25, 0.3) is 0 Å². The summed E-state index contributed by atoms with van der Waals surface area (Å²) in [7, 11) is 1.56. The molecule has 0 saturated heterocycles. The highest BCUT2D eigenvalue weighted by Crippen LogP contribution is 2.28. The van der Waals surface area contributed by atoms with Crippen molar-refractivity contribution in [3.8, 4) is 11.5 Å². The van der Waals surface area contributed by atoms with Crippen molar-refractivity contribution in [1.29, 1.82) is 0 Å². The number of benzene rings is 1. The third-order valence-electron chi connectivity index (χ3n) is 2.81. The molecule has 6 heteroatoms. The summed E-state index contributed by atoms with van der Waals surface area (Å²) in [6, 6.07) is 5.55. The van der Waals surface area contributed by atoms with Crippen molar-refractivity contribution in [2.75, 3.05) is 20.3 Å². The number of rotatable bonds is 7. The minimum absolute atomic E-state index is 0.137. The minimum atomic E-state index is -0.404. The fourth-order valence-corrected chi connectivity index (χ4v) is 1.87. The number of nitrogens with one attached hydrogen (secondary N) is 1. The molecule has 2 rings (SSSR count). The van der Waals surface area contributed by atoms with Gasteiger partial charge in [0.2, 0.25) is 0 Å². The number of carbonyl (C=O) groups excluding carboxylic acids is 1. The summed E-state index contributed by atoms with van der Waals surface area (Å²) in [4.78, 5) is 18.5. The second-order valence-electron chi connectivity index (χ2n) is 4.29. The Morgan fingerprint density at radius 3 is 2.86 bits per heavy atom. The molecule has 0 aliphatic heterocycles. The average molecular weight is 290 g/mol. The van der Waals surface area contributed by atoms with Gasteiger partial charge in [-0.1, -0.05) is 6.07 Å². The molecular weight excluding hydrogens is 272 g/mol. The summed E-state index contributed by atoms with van der Waals surface area (Å²) < 4.78 is 15.5. The van der Waals surface area contributed by atoms with Crippen molar-refractivity contribution >= 4 is 5.97 Å². The number of nitrogens with zero attached hydrogens (tertiary/aromatic N) is 1. The number of carbonyl (C=O) groups is 1. The minimum Gasteiger partial charge on any atom is -0.493 e. The van der Waals surface area contributed by atoms with Gasteiger partial charge in [-0.3, -0.25) is 0 Å². The van der Waals surface area contributed by atoms with Gasteiger partial charge in [-0.05, 0) is 24.6 Å². The molecule has 0 saturated carbocycles. The van der Waals surface area contributed by atoms with Crippen LogP contribution in [0.2, 0.25) is 0 Å². The van der Waals surface area contributed by atoms with E-state index in [2.05, 4.69) is 9.97 Å². The van der Waals surface area contributed by atoms with E-state index in [1.54, 1.807) is 32.5 Å². The molecule has 0 spiro atoms. The molecule has 0 atom stereocenters. The van der Waals surface area contributed by atoms with E-state index in [4.69, 9.17) is 14.2 Å².